The maximum Gasteiger partial charge on any atom is 0.425 e. The van der Waals surface area contributed by atoms with Crippen molar-refractivity contribution in [2.45, 2.75) is 88.2 Å². The Morgan fingerprint density at radius 3 is 2.42 bits per heavy atom. The minimum Gasteiger partial charge on any atom is -0.474 e. The molecule has 2 fully saturated rings. The summed E-state index contributed by atoms with van der Waals surface area (Å²) >= 11 is 0.382. The summed E-state index contributed by atoms with van der Waals surface area (Å²) in [5, 5.41) is 21.1. The molecule has 5 rings (SSSR count). The van der Waals surface area contributed by atoms with Gasteiger partial charge in [0.1, 0.15) is 10.6 Å². The van der Waals surface area contributed by atoms with Crippen LogP contribution in [0.5, 0.6) is 5.75 Å². The normalized spacial score (nSPS) is 21.3. The number of aliphatic hydroxyl groups is 1. The SMILES string of the molecule is CC[C@H](C)[C@H]1N(C(=O)c2cnccc2C(F)(F)F)CCC[C@@]1(Oc1csc(C(F)(F)F)c1)C(=O)N1CCC(C#N)(c2ccccc2CCCO)CC1. The van der Waals surface area contributed by atoms with Crippen molar-refractivity contribution in [2.75, 3.05) is 26.2 Å². The van der Waals surface area contributed by atoms with E-state index in [4.69, 9.17) is 4.74 Å². The van der Waals surface area contributed by atoms with Crippen molar-refractivity contribution in [3.8, 4) is 11.8 Å². The van der Waals surface area contributed by atoms with E-state index in [9.17, 15) is 41.5 Å². The summed E-state index contributed by atoms with van der Waals surface area (Å²) in [5.41, 5.74) is -3.15. The van der Waals surface area contributed by atoms with Crippen LogP contribution >= 0.6 is 11.3 Å². The van der Waals surface area contributed by atoms with Gasteiger partial charge in [-0.3, -0.25) is 14.6 Å². The molecule has 0 aliphatic carbocycles. The number of likely N-dealkylation sites (tertiary alicyclic amines) is 2. The molecule has 52 heavy (non-hydrogen) atoms. The second-order valence-electron chi connectivity index (χ2n) is 13.5. The average Bonchev–Trinajstić information content (AvgIpc) is 3.62. The van der Waals surface area contributed by atoms with Gasteiger partial charge in [-0.25, -0.2) is 0 Å². The van der Waals surface area contributed by atoms with Gasteiger partial charge in [0, 0.05) is 56.5 Å². The lowest BCUT2D eigenvalue weighted by Gasteiger charge is -2.52. The Balaban J connectivity index is 1.57. The van der Waals surface area contributed by atoms with Crippen molar-refractivity contribution in [1.82, 2.24) is 14.8 Å². The third kappa shape index (κ3) is 7.64. The first-order valence-electron chi connectivity index (χ1n) is 17.2. The number of halogens is 6. The van der Waals surface area contributed by atoms with Gasteiger partial charge in [0.15, 0.2) is 0 Å². The monoisotopic (exact) mass is 750 g/mol. The van der Waals surface area contributed by atoms with Gasteiger partial charge in [-0.15, -0.1) is 11.3 Å². The first-order chi connectivity index (χ1) is 24.6. The molecule has 2 aliphatic heterocycles. The van der Waals surface area contributed by atoms with Gasteiger partial charge >= 0.3 is 12.4 Å². The number of pyridine rings is 1. The van der Waals surface area contributed by atoms with E-state index in [0.29, 0.717) is 36.7 Å². The summed E-state index contributed by atoms with van der Waals surface area (Å²) < 4.78 is 89.8. The Bertz CT molecular complexity index is 1780. The molecule has 2 saturated heterocycles. The number of carbonyl (C=O) groups excluding carboxylic acids is 2. The maximum atomic E-state index is 15.0. The summed E-state index contributed by atoms with van der Waals surface area (Å²) in [6.45, 7) is 3.60. The molecule has 3 aromatic rings. The van der Waals surface area contributed by atoms with Crippen LogP contribution < -0.4 is 4.74 Å². The second-order valence-corrected chi connectivity index (χ2v) is 14.4. The number of benzene rings is 1. The minimum atomic E-state index is -4.89. The number of rotatable bonds is 10. The molecule has 1 N–H and O–H groups in total. The van der Waals surface area contributed by atoms with Crippen LogP contribution in [-0.2, 0) is 29.0 Å². The van der Waals surface area contributed by atoms with Crippen LogP contribution in [0.1, 0.15) is 84.3 Å². The summed E-state index contributed by atoms with van der Waals surface area (Å²) in [4.78, 5) is 34.7. The number of amides is 2. The number of carbonyl (C=O) groups is 2. The van der Waals surface area contributed by atoms with Gasteiger partial charge in [0.25, 0.3) is 11.8 Å². The Hall–Kier alpha value is -4.16. The number of piperidine rings is 2. The van der Waals surface area contributed by atoms with E-state index < -0.39 is 63.1 Å². The van der Waals surface area contributed by atoms with Crippen molar-refractivity contribution in [3.05, 3.63) is 81.3 Å². The summed E-state index contributed by atoms with van der Waals surface area (Å²) in [6, 6.07) is 10.2. The molecule has 4 heterocycles. The first kappa shape index (κ1) is 39.1. The number of hydrogen-bond acceptors (Lipinski definition) is 7. The van der Waals surface area contributed by atoms with Crippen molar-refractivity contribution in [3.63, 3.8) is 0 Å². The van der Waals surface area contributed by atoms with Gasteiger partial charge in [0.05, 0.1) is 28.7 Å². The smallest absolute Gasteiger partial charge is 0.425 e. The van der Waals surface area contributed by atoms with Crippen LogP contribution in [0.2, 0.25) is 0 Å². The van der Waals surface area contributed by atoms with Gasteiger partial charge in [0.2, 0.25) is 5.60 Å². The highest BCUT2D eigenvalue weighted by atomic mass is 32.1. The standard InChI is InChI=1S/C37H40F6N4O4S/c1-3-24(2)31-35(51-26-20-30(52-22-26)37(41,42)43,12-7-16-47(31)32(49)27-21-45-15-11-29(27)36(38,39)40)33(50)46-17-13-34(23-44,14-18-46)28-10-5-4-8-25(28)9-6-19-48/h4-5,8,10-11,15,20-22,24,31,48H,3,6-7,9,12-14,16-19H2,1-2H3/t24-,31+,35-/m0/s1. The first-order valence-corrected chi connectivity index (χ1v) is 18.1. The van der Waals surface area contributed by atoms with Crippen molar-refractivity contribution >= 4 is 23.2 Å². The Labute approximate surface area is 302 Å². The van der Waals surface area contributed by atoms with E-state index in [1.165, 1.54) is 9.80 Å². The van der Waals surface area contributed by atoms with E-state index in [0.717, 1.165) is 35.0 Å². The third-order valence-electron chi connectivity index (χ3n) is 10.3. The second kappa shape index (κ2) is 15.4. The number of nitriles is 1. The minimum absolute atomic E-state index is 0.0229. The lowest BCUT2D eigenvalue weighted by atomic mass is 9.71. The fraction of sp³-hybridized carbons (Fsp3) is 0.514. The lowest BCUT2D eigenvalue weighted by molar-refractivity contribution is -0.163. The number of nitrogens with zero attached hydrogens (tertiary/aromatic N) is 4. The van der Waals surface area contributed by atoms with Crippen molar-refractivity contribution in [1.29, 1.82) is 5.26 Å². The molecule has 0 spiro atoms. The van der Waals surface area contributed by atoms with Gasteiger partial charge < -0.3 is 19.6 Å². The zero-order chi connectivity index (χ0) is 37.9. The molecule has 2 aliphatic rings. The average molecular weight is 751 g/mol. The number of aromatic nitrogens is 1. The predicted molar refractivity (Wildman–Crippen MR) is 180 cm³/mol. The molecule has 3 atom stereocenters. The molecule has 0 unspecified atom stereocenters. The fourth-order valence-corrected chi connectivity index (χ4v) is 8.31. The van der Waals surface area contributed by atoms with Crippen molar-refractivity contribution < 1.29 is 45.8 Å². The van der Waals surface area contributed by atoms with E-state index >= 15 is 4.79 Å². The zero-order valence-electron chi connectivity index (χ0n) is 28.8. The quantitative estimate of drug-likeness (QED) is 0.214. The lowest BCUT2D eigenvalue weighted by Crippen LogP contribution is -2.70. The highest BCUT2D eigenvalue weighted by Gasteiger charge is 2.58. The number of aliphatic hydroxyl groups excluding tert-OH is 1. The Morgan fingerprint density at radius 2 is 1.81 bits per heavy atom. The van der Waals surface area contributed by atoms with E-state index in [1.807, 2.05) is 24.3 Å². The van der Waals surface area contributed by atoms with Gasteiger partial charge in [-0.1, -0.05) is 44.5 Å². The molecular weight excluding hydrogens is 710 g/mol. The van der Waals surface area contributed by atoms with E-state index in [1.54, 1.807) is 13.8 Å². The molecule has 8 nitrogen and oxygen atoms in total. The van der Waals surface area contributed by atoms with Gasteiger partial charge in [-0.05, 0) is 55.2 Å². The molecule has 0 radical (unpaired) electrons. The highest BCUT2D eigenvalue weighted by molar-refractivity contribution is 7.10. The van der Waals surface area contributed by atoms with Gasteiger partial charge in [-0.2, -0.15) is 31.6 Å². The summed E-state index contributed by atoms with van der Waals surface area (Å²) in [6.07, 6.45) is -5.90. The van der Waals surface area contributed by atoms with Crippen LogP contribution in [0.15, 0.2) is 54.2 Å². The number of alkyl halides is 6. The molecular formula is C37H40F6N4O4S. The molecule has 2 amide bonds. The largest absolute Gasteiger partial charge is 0.474 e. The molecule has 0 saturated carbocycles. The topological polar surface area (TPSA) is 107 Å². The van der Waals surface area contributed by atoms with E-state index in [-0.39, 0.29) is 57.7 Å². The van der Waals surface area contributed by atoms with Crippen LogP contribution in [0.25, 0.3) is 0 Å². The predicted octanol–water partition coefficient (Wildman–Crippen LogP) is 7.66. The molecule has 0 bridgehead atoms. The number of thiophene rings is 1. The Morgan fingerprint density at radius 1 is 1.10 bits per heavy atom. The molecule has 15 heteroatoms. The zero-order valence-corrected chi connectivity index (χ0v) is 29.6. The van der Waals surface area contributed by atoms with E-state index in [2.05, 4.69) is 11.1 Å². The number of hydrogen-bond donors (Lipinski definition) is 1. The highest BCUT2D eigenvalue weighted by Crippen LogP contribution is 2.45. The summed E-state index contributed by atoms with van der Waals surface area (Å²) in [7, 11) is 0. The van der Waals surface area contributed by atoms with Crippen LogP contribution in [0.4, 0.5) is 26.3 Å². The third-order valence-corrected chi connectivity index (χ3v) is 11.3. The fourth-order valence-electron chi connectivity index (χ4n) is 7.63. The molecule has 1 aromatic carbocycles. The van der Waals surface area contributed by atoms with Crippen LogP contribution in [0, 0.1) is 17.2 Å². The van der Waals surface area contributed by atoms with Crippen LogP contribution in [-0.4, -0.2) is 69.6 Å². The number of aryl methyl sites for hydroxylation is 1. The molecule has 280 valence electrons. The molecule has 2 aromatic heterocycles. The summed E-state index contributed by atoms with van der Waals surface area (Å²) in [5.74, 6) is -2.43. The number of ether oxygens (including phenoxy) is 1. The van der Waals surface area contributed by atoms with Crippen molar-refractivity contribution in [2.24, 2.45) is 5.92 Å². The Kier molecular flexibility index (Phi) is 11.6. The van der Waals surface area contributed by atoms with Crippen LogP contribution in [0.3, 0.4) is 0 Å². The maximum absolute atomic E-state index is 15.0.